The smallest absolute Gasteiger partial charge is 0.257 e. The van der Waals surface area contributed by atoms with Crippen molar-refractivity contribution in [2.75, 3.05) is 44.2 Å². The van der Waals surface area contributed by atoms with Crippen LogP contribution in [0.25, 0.3) is 6.08 Å². The lowest BCUT2D eigenvalue weighted by atomic mass is 9.81. The molecule has 0 aliphatic carbocycles. The van der Waals surface area contributed by atoms with Gasteiger partial charge in [-0.25, -0.2) is 0 Å². The Morgan fingerprint density at radius 3 is 2.38 bits per heavy atom. The second kappa shape index (κ2) is 10.0. The third kappa shape index (κ3) is 4.97. The third-order valence-electron chi connectivity index (χ3n) is 6.88. The van der Waals surface area contributed by atoms with E-state index in [9.17, 15) is 15.2 Å². The van der Waals surface area contributed by atoms with Gasteiger partial charge in [0.1, 0.15) is 6.23 Å². The molecule has 1 unspecified atom stereocenters. The summed E-state index contributed by atoms with van der Waals surface area (Å²) in [5.74, 6) is 0.150. The second-order valence-electron chi connectivity index (χ2n) is 9.66. The molecule has 0 aromatic carbocycles. The zero-order chi connectivity index (χ0) is 23.5. The molecular formula is C25H37N5O2. The monoisotopic (exact) mass is 439 g/mol. The molecule has 2 saturated heterocycles. The predicted molar refractivity (Wildman–Crippen MR) is 127 cm³/mol. The zero-order valence-electron chi connectivity index (χ0n) is 20.1. The van der Waals surface area contributed by atoms with Crippen molar-refractivity contribution in [3.05, 3.63) is 29.1 Å². The summed E-state index contributed by atoms with van der Waals surface area (Å²) in [6.07, 6.45) is 6.81. The van der Waals surface area contributed by atoms with Crippen molar-refractivity contribution in [2.45, 2.75) is 53.7 Å². The standard InChI is InChI=1S/C25H37N5O2/c1-6-7-20-19(4)27-16-21(22(20)28-10-8-25(5,17-26)9-11-28)24(32)30-14-12-29(13-15-30)23(31)18(2)3/h6-7,16,18,23,31H,8-15H2,1-5H3/b7-6-. The molecule has 2 aliphatic rings. The van der Waals surface area contributed by atoms with Crippen molar-refractivity contribution in [2.24, 2.45) is 11.3 Å². The lowest BCUT2D eigenvalue weighted by molar-refractivity contribution is -0.0490. The summed E-state index contributed by atoms with van der Waals surface area (Å²) in [6, 6.07) is 2.46. The number of nitrogens with zero attached hydrogens (tertiary/aromatic N) is 5. The molecule has 2 fully saturated rings. The van der Waals surface area contributed by atoms with Crippen molar-refractivity contribution in [3.8, 4) is 6.07 Å². The summed E-state index contributed by atoms with van der Waals surface area (Å²) in [6.45, 7) is 13.9. The highest BCUT2D eigenvalue weighted by molar-refractivity contribution is 6.01. The van der Waals surface area contributed by atoms with Crippen LogP contribution in [-0.4, -0.2) is 71.3 Å². The Balaban J connectivity index is 1.88. The maximum atomic E-state index is 13.6. The molecule has 1 aromatic heterocycles. The van der Waals surface area contributed by atoms with Gasteiger partial charge in [0.15, 0.2) is 0 Å². The number of aryl methyl sites for hydroxylation is 1. The van der Waals surface area contributed by atoms with Gasteiger partial charge in [-0.3, -0.25) is 14.7 Å². The average Bonchev–Trinajstić information content (AvgIpc) is 2.80. The minimum absolute atomic E-state index is 0.00874. The molecule has 0 saturated carbocycles. The van der Waals surface area contributed by atoms with E-state index < -0.39 is 6.23 Å². The van der Waals surface area contributed by atoms with E-state index in [1.54, 1.807) is 6.20 Å². The molecule has 3 heterocycles. The first-order chi connectivity index (χ1) is 15.2. The number of pyridine rings is 1. The number of amides is 1. The van der Waals surface area contributed by atoms with Gasteiger partial charge in [-0.1, -0.05) is 26.0 Å². The Kier molecular flexibility index (Phi) is 7.58. The number of rotatable bonds is 5. The third-order valence-corrected chi connectivity index (χ3v) is 6.88. The number of aliphatic hydroxyl groups excluding tert-OH is 1. The maximum Gasteiger partial charge on any atom is 0.257 e. The molecule has 1 aromatic rings. The molecule has 0 bridgehead atoms. The Morgan fingerprint density at radius 1 is 1.22 bits per heavy atom. The molecule has 1 amide bonds. The van der Waals surface area contributed by atoms with Crippen molar-refractivity contribution in [1.82, 2.24) is 14.8 Å². The van der Waals surface area contributed by atoms with Gasteiger partial charge in [0.25, 0.3) is 5.91 Å². The van der Waals surface area contributed by atoms with E-state index in [4.69, 9.17) is 0 Å². The summed E-state index contributed by atoms with van der Waals surface area (Å²) in [4.78, 5) is 24.4. The van der Waals surface area contributed by atoms with Gasteiger partial charge < -0.3 is 14.9 Å². The first-order valence-corrected chi connectivity index (χ1v) is 11.7. The normalized spacial score (nSPS) is 20.6. The first kappa shape index (κ1) is 24.2. The van der Waals surface area contributed by atoms with Gasteiger partial charge in [-0.05, 0) is 39.5 Å². The van der Waals surface area contributed by atoms with Gasteiger partial charge in [0, 0.05) is 56.7 Å². The van der Waals surface area contributed by atoms with Gasteiger partial charge in [-0.15, -0.1) is 0 Å². The van der Waals surface area contributed by atoms with Crippen LogP contribution in [-0.2, 0) is 0 Å². The quantitative estimate of drug-likeness (QED) is 0.758. The lowest BCUT2D eigenvalue weighted by Gasteiger charge is -2.40. The molecule has 0 radical (unpaired) electrons. The van der Waals surface area contributed by atoms with E-state index in [1.807, 2.05) is 56.6 Å². The van der Waals surface area contributed by atoms with Crippen molar-refractivity contribution < 1.29 is 9.90 Å². The molecule has 7 heteroatoms. The van der Waals surface area contributed by atoms with Crippen LogP contribution in [0.1, 0.15) is 62.2 Å². The highest BCUT2D eigenvalue weighted by Crippen LogP contribution is 2.36. The average molecular weight is 440 g/mol. The maximum absolute atomic E-state index is 13.6. The van der Waals surface area contributed by atoms with Gasteiger partial charge in [0.2, 0.25) is 0 Å². The van der Waals surface area contributed by atoms with Crippen LogP contribution in [0.15, 0.2) is 12.3 Å². The summed E-state index contributed by atoms with van der Waals surface area (Å²) in [7, 11) is 0. The lowest BCUT2D eigenvalue weighted by Crippen LogP contribution is -2.53. The van der Waals surface area contributed by atoms with Crippen LogP contribution < -0.4 is 4.90 Å². The van der Waals surface area contributed by atoms with Gasteiger partial charge in [-0.2, -0.15) is 5.26 Å². The number of anilines is 1. The minimum Gasteiger partial charge on any atom is -0.378 e. The molecule has 1 N–H and O–H groups in total. The number of hydrogen-bond acceptors (Lipinski definition) is 6. The Labute approximate surface area is 192 Å². The summed E-state index contributed by atoms with van der Waals surface area (Å²) in [5, 5.41) is 19.9. The number of piperidine rings is 1. The number of carbonyl (C=O) groups excluding carboxylic acids is 1. The number of hydrogen-bond donors (Lipinski definition) is 1. The summed E-state index contributed by atoms with van der Waals surface area (Å²) >= 11 is 0. The van der Waals surface area contributed by atoms with Crippen LogP contribution in [0, 0.1) is 29.6 Å². The number of aromatic nitrogens is 1. The molecule has 3 rings (SSSR count). The van der Waals surface area contributed by atoms with E-state index >= 15 is 0 Å². The van der Waals surface area contributed by atoms with Gasteiger partial charge in [0.05, 0.1) is 22.7 Å². The number of aliphatic hydroxyl groups is 1. The first-order valence-electron chi connectivity index (χ1n) is 11.7. The zero-order valence-corrected chi connectivity index (χ0v) is 20.1. The number of nitriles is 1. The molecule has 174 valence electrons. The second-order valence-corrected chi connectivity index (χ2v) is 9.66. The largest absolute Gasteiger partial charge is 0.378 e. The van der Waals surface area contributed by atoms with Crippen molar-refractivity contribution in [3.63, 3.8) is 0 Å². The van der Waals surface area contributed by atoms with E-state index in [-0.39, 0.29) is 17.2 Å². The minimum atomic E-state index is -0.479. The van der Waals surface area contributed by atoms with Crippen LogP contribution in [0.3, 0.4) is 0 Å². The fourth-order valence-corrected chi connectivity index (χ4v) is 4.59. The Bertz CT molecular complexity index is 888. The summed E-state index contributed by atoms with van der Waals surface area (Å²) in [5.41, 5.74) is 3.13. The fourth-order valence-electron chi connectivity index (χ4n) is 4.59. The number of carbonyl (C=O) groups is 1. The van der Waals surface area contributed by atoms with Crippen LogP contribution in [0.5, 0.6) is 0 Å². The van der Waals surface area contributed by atoms with E-state index in [0.717, 1.165) is 42.9 Å². The summed E-state index contributed by atoms with van der Waals surface area (Å²) < 4.78 is 0. The topological polar surface area (TPSA) is 83.7 Å². The Hall–Kier alpha value is -2.43. The highest BCUT2D eigenvalue weighted by Gasteiger charge is 2.34. The van der Waals surface area contributed by atoms with Crippen molar-refractivity contribution in [1.29, 1.82) is 5.26 Å². The molecule has 0 spiro atoms. The van der Waals surface area contributed by atoms with Crippen LogP contribution in [0.4, 0.5) is 5.69 Å². The van der Waals surface area contributed by atoms with E-state index in [1.165, 1.54) is 0 Å². The molecular weight excluding hydrogens is 402 g/mol. The van der Waals surface area contributed by atoms with E-state index in [2.05, 4.69) is 16.0 Å². The molecule has 1 atom stereocenters. The highest BCUT2D eigenvalue weighted by atomic mass is 16.3. The SMILES string of the molecule is C/C=C\c1c(C)ncc(C(=O)N2CCN(C(O)C(C)C)CC2)c1N1CCC(C)(C#N)CC1. The fraction of sp³-hybridized carbons (Fsp3) is 0.640. The number of allylic oxidation sites excluding steroid dienone is 1. The van der Waals surface area contributed by atoms with Gasteiger partial charge >= 0.3 is 0 Å². The van der Waals surface area contributed by atoms with Crippen LogP contribution in [0.2, 0.25) is 0 Å². The Morgan fingerprint density at radius 2 is 1.84 bits per heavy atom. The van der Waals surface area contributed by atoms with Crippen molar-refractivity contribution >= 4 is 17.7 Å². The van der Waals surface area contributed by atoms with E-state index in [0.29, 0.717) is 31.7 Å². The molecule has 32 heavy (non-hydrogen) atoms. The van der Waals surface area contributed by atoms with Crippen LogP contribution >= 0.6 is 0 Å². The number of piperazine rings is 1. The molecule has 7 nitrogen and oxygen atoms in total. The molecule has 2 aliphatic heterocycles. The predicted octanol–water partition coefficient (Wildman–Crippen LogP) is 3.29.